The van der Waals surface area contributed by atoms with Crippen LogP contribution in [0.2, 0.25) is 5.02 Å². The molecule has 86 valence electrons. The topological polar surface area (TPSA) is 17.1 Å². The van der Waals surface area contributed by atoms with Crippen LogP contribution in [0, 0.1) is 12.7 Å². The first-order valence-electron chi connectivity index (χ1n) is 5.14. The monoisotopic (exact) mass is 248 g/mol. The lowest BCUT2D eigenvalue weighted by atomic mass is 9.99. The van der Waals surface area contributed by atoms with E-state index in [1.807, 2.05) is 0 Å². The van der Waals surface area contributed by atoms with Crippen LogP contribution in [-0.2, 0) is 0 Å². The molecule has 0 aliphatic carbocycles. The largest absolute Gasteiger partial charge is 0.289 e. The molecule has 0 unspecified atom stereocenters. The molecule has 0 fully saturated rings. The van der Waals surface area contributed by atoms with Crippen molar-refractivity contribution in [3.8, 4) is 0 Å². The number of carbonyl (C=O) groups excluding carboxylic acids is 1. The van der Waals surface area contributed by atoms with Crippen molar-refractivity contribution in [2.75, 3.05) is 0 Å². The lowest BCUT2D eigenvalue weighted by Crippen LogP contribution is -2.03. The first kappa shape index (κ1) is 11.8. The molecule has 0 saturated heterocycles. The minimum Gasteiger partial charge on any atom is -0.289 e. The molecular weight excluding hydrogens is 239 g/mol. The van der Waals surface area contributed by atoms with E-state index in [9.17, 15) is 9.18 Å². The first-order chi connectivity index (χ1) is 8.08. The van der Waals surface area contributed by atoms with E-state index < -0.39 is 5.82 Å². The maximum Gasteiger partial charge on any atom is 0.193 e. The van der Waals surface area contributed by atoms with Crippen LogP contribution in [0.15, 0.2) is 42.5 Å². The van der Waals surface area contributed by atoms with Crippen LogP contribution in [-0.4, -0.2) is 5.78 Å². The molecule has 17 heavy (non-hydrogen) atoms. The maximum absolute atomic E-state index is 13.0. The Kier molecular flexibility index (Phi) is 3.25. The summed E-state index contributed by atoms with van der Waals surface area (Å²) in [5.74, 6) is -0.610. The highest BCUT2D eigenvalue weighted by Crippen LogP contribution is 2.18. The molecule has 0 aliphatic rings. The van der Waals surface area contributed by atoms with Crippen molar-refractivity contribution in [2.24, 2.45) is 0 Å². The van der Waals surface area contributed by atoms with E-state index in [4.69, 9.17) is 11.6 Å². The molecule has 0 bridgehead atoms. The van der Waals surface area contributed by atoms with E-state index in [1.165, 1.54) is 18.2 Å². The average Bonchev–Trinajstić information content (AvgIpc) is 2.28. The lowest BCUT2D eigenvalue weighted by Gasteiger charge is -2.05. The molecule has 0 aliphatic heterocycles. The third-order valence-electron chi connectivity index (χ3n) is 2.52. The summed E-state index contributed by atoms with van der Waals surface area (Å²) in [6, 6.07) is 10.7. The number of benzene rings is 2. The second-order valence-corrected chi connectivity index (χ2v) is 4.24. The molecule has 0 aromatic heterocycles. The van der Waals surface area contributed by atoms with Crippen LogP contribution in [0.3, 0.4) is 0 Å². The fourth-order valence-corrected chi connectivity index (χ4v) is 1.89. The Bertz CT molecular complexity index is 578. The predicted molar refractivity (Wildman–Crippen MR) is 66.0 cm³/mol. The molecule has 3 heteroatoms. The molecule has 0 saturated carbocycles. The van der Waals surface area contributed by atoms with Crippen LogP contribution in [0.4, 0.5) is 4.39 Å². The van der Waals surface area contributed by atoms with Crippen molar-refractivity contribution < 1.29 is 9.18 Å². The van der Waals surface area contributed by atoms with Gasteiger partial charge in [0.1, 0.15) is 5.82 Å². The average molecular weight is 249 g/mol. The molecule has 0 spiro atoms. The first-order valence-corrected chi connectivity index (χ1v) is 5.52. The van der Waals surface area contributed by atoms with Crippen LogP contribution in [0.5, 0.6) is 0 Å². The summed E-state index contributed by atoms with van der Waals surface area (Å²) in [7, 11) is 0. The summed E-state index contributed by atoms with van der Waals surface area (Å²) < 4.78 is 13.0. The molecule has 0 amide bonds. The van der Waals surface area contributed by atoms with Crippen molar-refractivity contribution in [3.63, 3.8) is 0 Å². The summed E-state index contributed by atoms with van der Waals surface area (Å²) in [4.78, 5) is 12.1. The van der Waals surface area contributed by atoms with Gasteiger partial charge in [0.25, 0.3) is 0 Å². The van der Waals surface area contributed by atoms with Crippen molar-refractivity contribution in [2.45, 2.75) is 6.92 Å². The molecule has 1 nitrogen and oxygen atoms in total. The fraction of sp³-hybridized carbons (Fsp3) is 0.0714. The van der Waals surface area contributed by atoms with E-state index in [0.29, 0.717) is 16.1 Å². The summed E-state index contributed by atoms with van der Waals surface area (Å²) in [6.45, 7) is 1.80. The van der Waals surface area contributed by atoms with Gasteiger partial charge in [-0.15, -0.1) is 0 Å². The smallest absolute Gasteiger partial charge is 0.193 e. The zero-order chi connectivity index (χ0) is 12.4. The third-order valence-corrected chi connectivity index (χ3v) is 2.75. The summed E-state index contributed by atoms with van der Waals surface area (Å²) in [5.41, 5.74) is 1.67. The zero-order valence-electron chi connectivity index (χ0n) is 9.21. The highest BCUT2D eigenvalue weighted by atomic mass is 35.5. The van der Waals surface area contributed by atoms with Gasteiger partial charge in [-0.3, -0.25) is 4.79 Å². The van der Waals surface area contributed by atoms with Crippen molar-refractivity contribution >= 4 is 17.4 Å². The normalized spacial score (nSPS) is 10.3. The Labute approximate surface area is 104 Å². The Hall–Kier alpha value is -1.67. The van der Waals surface area contributed by atoms with E-state index >= 15 is 0 Å². The number of aryl methyl sites for hydroxylation is 1. The second kappa shape index (κ2) is 4.68. The highest BCUT2D eigenvalue weighted by Gasteiger charge is 2.12. The highest BCUT2D eigenvalue weighted by molar-refractivity contribution is 6.30. The summed E-state index contributed by atoms with van der Waals surface area (Å²) >= 11 is 5.82. The standard InChI is InChI=1S/C14H10ClFO/c1-9-7-11(15)5-6-13(9)14(17)10-3-2-4-12(16)8-10/h2-8H,1H3. The maximum atomic E-state index is 13.0. The van der Waals surface area contributed by atoms with E-state index in [-0.39, 0.29) is 5.78 Å². The van der Waals surface area contributed by atoms with E-state index in [0.717, 1.165) is 5.56 Å². The lowest BCUT2D eigenvalue weighted by molar-refractivity contribution is 0.103. The number of carbonyl (C=O) groups is 1. The van der Waals surface area contributed by atoms with Crippen LogP contribution in [0.1, 0.15) is 21.5 Å². The van der Waals surface area contributed by atoms with Gasteiger partial charge in [0.2, 0.25) is 0 Å². The van der Waals surface area contributed by atoms with Crippen molar-refractivity contribution in [1.29, 1.82) is 0 Å². The van der Waals surface area contributed by atoms with Gasteiger partial charge in [0.05, 0.1) is 0 Å². The van der Waals surface area contributed by atoms with Crippen LogP contribution < -0.4 is 0 Å². The number of hydrogen-bond acceptors (Lipinski definition) is 1. The fourth-order valence-electron chi connectivity index (χ4n) is 1.67. The van der Waals surface area contributed by atoms with Crippen LogP contribution in [0.25, 0.3) is 0 Å². The number of halogens is 2. The number of hydrogen-bond donors (Lipinski definition) is 0. The zero-order valence-corrected chi connectivity index (χ0v) is 9.96. The molecule has 0 radical (unpaired) electrons. The Morgan fingerprint density at radius 1 is 1.18 bits per heavy atom. The Morgan fingerprint density at radius 2 is 1.94 bits per heavy atom. The second-order valence-electron chi connectivity index (χ2n) is 3.80. The molecular formula is C14H10ClFO. The minimum absolute atomic E-state index is 0.196. The number of ketones is 1. The third kappa shape index (κ3) is 2.53. The van der Waals surface area contributed by atoms with Crippen molar-refractivity contribution in [3.05, 3.63) is 70.0 Å². The van der Waals surface area contributed by atoms with Gasteiger partial charge in [-0.05, 0) is 42.8 Å². The molecule has 0 N–H and O–H groups in total. The van der Waals surface area contributed by atoms with Gasteiger partial charge in [0, 0.05) is 16.1 Å². The molecule has 2 rings (SSSR count). The van der Waals surface area contributed by atoms with Gasteiger partial charge in [-0.25, -0.2) is 4.39 Å². The quantitative estimate of drug-likeness (QED) is 0.734. The molecule has 0 atom stereocenters. The summed E-state index contributed by atoms with van der Waals surface area (Å²) in [5, 5.41) is 0.582. The Morgan fingerprint density at radius 3 is 2.59 bits per heavy atom. The molecule has 0 heterocycles. The van der Waals surface area contributed by atoms with Crippen LogP contribution >= 0.6 is 11.6 Å². The van der Waals surface area contributed by atoms with Gasteiger partial charge >= 0.3 is 0 Å². The van der Waals surface area contributed by atoms with E-state index in [2.05, 4.69) is 0 Å². The minimum atomic E-state index is -0.414. The Balaban J connectivity index is 2.44. The predicted octanol–water partition coefficient (Wildman–Crippen LogP) is 4.02. The SMILES string of the molecule is Cc1cc(Cl)ccc1C(=O)c1cccc(F)c1. The number of rotatable bonds is 2. The van der Waals surface area contributed by atoms with Gasteiger partial charge in [0.15, 0.2) is 5.78 Å². The van der Waals surface area contributed by atoms with Gasteiger partial charge in [-0.1, -0.05) is 23.7 Å². The molecule has 2 aromatic rings. The molecule has 2 aromatic carbocycles. The van der Waals surface area contributed by atoms with Crippen molar-refractivity contribution in [1.82, 2.24) is 0 Å². The van der Waals surface area contributed by atoms with E-state index in [1.54, 1.807) is 31.2 Å². The van der Waals surface area contributed by atoms with Gasteiger partial charge in [-0.2, -0.15) is 0 Å². The summed E-state index contributed by atoms with van der Waals surface area (Å²) in [6.07, 6.45) is 0. The van der Waals surface area contributed by atoms with Gasteiger partial charge < -0.3 is 0 Å².